The maximum atomic E-state index is 12.4. The molecule has 1 aromatic carbocycles. The molecule has 6 heteroatoms. The van der Waals surface area contributed by atoms with Crippen LogP contribution >= 0.6 is 12.4 Å². The maximum Gasteiger partial charge on any atom is 0.237 e. The third-order valence-electron chi connectivity index (χ3n) is 4.07. The molecule has 22 heavy (non-hydrogen) atoms. The van der Waals surface area contributed by atoms with Crippen LogP contribution in [0.15, 0.2) is 30.3 Å². The van der Waals surface area contributed by atoms with Crippen LogP contribution in [0.25, 0.3) is 0 Å². The summed E-state index contributed by atoms with van der Waals surface area (Å²) in [7, 11) is 0. The number of hydrogen-bond acceptors (Lipinski definition) is 3. The minimum absolute atomic E-state index is 0. The lowest BCUT2D eigenvalue weighted by Crippen LogP contribution is -2.40. The van der Waals surface area contributed by atoms with Gasteiger partial charge in [0.1, 0.15) is 0 Å². The van der Waals surface area contributed by atoms with Gasteiger partial charge in [0.2, 0.25) is 11.8 Å². The molecule has 122 valence electrons. The summed E-state index contributed by atoms with van der Waals surface area (Å²) in [4.78, 5) is 25.2. The van der Waals surface area contributed by atoms with E-state index in [2.05, 4.69) is 0 Å². The topological polar surface area (TPSA) is 89.4 Å². The van der Waals surface area contributed by atoms with Crippen molar-refractivity contribution in [3.8, 4) is 0 Å². The minimum Gasteiger partial charge on any atom is -0.368 e. The molecule has 2 rings (SSSR count). The van der Waals surface area contributed by atoms with E-state index in [1.807, 2.05) is 30.3 Å². The molecule has 5 nitrogen and oxygen atoms in total. The van der Waals surface area contributed by atoms with Gasteiger partial charge in [-0.1, -0.05) is 36.8 Å². The van der Waals surface area contributed by atoms with Gasteiger partial charge in [-0.15, -0.1) is 12.4 Å². The highest BCUT2D eigenvalue weighted by Gasteiger charge is 2.28. The standard InChI is InChI=1S/C16H23N3O2.ClH/c17-14-8-4-7-13(14)9-16(21)19(11-15(18)20)10-12-5-2-1-3-6-12;/h1-3,5-6,13-14H,4,7-11,17H2,(H2,18,20);1H/t13-,14+;/m0./s1. The number of nitrogens with two attached hydrogens (primary N) is 2. The van der Waals surface area contributed by atoms with Crippen molar-refractivity contribution in [2.75, 3.05) is 6.54 Å². The van der Waals surface area contributed by atoms with E-state index in [4.69, 9.17) is 11.5 Å². The average Bonchev–Trinajstić information content (AvgIpc) is 2.84. The first-order valence-corrected chi connectivity index (χ1v) is 7.42. The monoisotopic (exact) mass is 325 g/mol. The summed E-state index contributed by atoms with van der Waals surface area (Å²) in [5.41, 5.74) is 12.3. The Kier molecular flexibility index (Phi) is 7.35. The lowest BCUT2D eigenvalue weighted by atomic mass is 9.99. The van der Waals surface area contributed by atoms with Crippen LogP contribution < -0.4 is 11.5 Å². The Morgan fingerprint density at radius 3 is 2.41 bits per heavy atom. The van der Waals surface area contributed by atoms with Crippen molar-refractivity contribution in [2.45, 2.75) is 38.3 Å². The van der Waals surface area contributed by atoms with E-state index in [1.165, 1.54) is 4.90 Å². The molecule has 4 N–H and O–H groups in total. The number of carbonyl (C=O) groups excluding carboxylic acids is 2. The molecule has 0 aliphatic heterocycles. The van der Waals surface area contributed by atoms with Crippen LogP contribution in [0.2, 0.25) is 0 Å². The summed E-state index contributed by atoms with van der Waals surface area (Å²) in [6.45, 7) is 0.361. The SMILES string of the molecule is Cl.NC(=O)CN(Cc1ccccc1)C(=O)C[C@@H]1CCC[C@H]1N. The van der Waals surface area contributed by atoms with Gasteiger partial charge < -0.3 is 16.4 Å². The summed E-state index contributed by atoms with van der Waals surface area (Å²) in [5, 5.41) is 0. The van der Waals surface area contributed by atoms with Crippen molar-refractivity contribution in [3.05, 3.63) is 35.9 Å². The van der Waals surface area contributed by atoms with Crippen molar-refractivity contribution in [1.82, 2.24) is 4.90 Å². The van der Waals surface area contributed by atoms with Gasteiger partial charge in [0.05, 0.1) is 6.54 Å². The van der Waals surface area contributed by atoms with E-state index >= 15 is 0 Å². The average molecular weight is 326 g/mol. The van der Waals surface area contributed by atoms with Gasteiger partial charge in [0.25, 0.3) is 0 Å². The van der Waals surface area contributed by atoms with Gasteiger partial charge in [-0.2, -0.15) is 0 Å². The Balaban J connectivity index is 0.00000242. The lowest BCUT2D eigenvalue weighted by Gasteiger charge is -2.24. The third-order valence-corrected chi connectivity index (χ3v) is 4.07. The van der Waals surface area contributed by atoms with Gasteiger partial charge in [0, 0.05) is 19.0 Å². The van der Waals surface area contributed by atoms with Crippen molar-refractivity contribution < 1.29 is 9.59 Å². The molecule has 0 radical (unpaired) electrons. The zero-order valence-corrected chi connectivity index (χ0v) is 13.4. The zero-order chi connectivity index (χ0) is 15.2. The molecule has 0 saturated heterocycles. The van der Waals surface area contributed by atoms with E-state index in [0.717, 1.165) is 24.8 Å². The summed E-state index contributed by atoms with van der Waals surface area (Å²) in [5.74, 6) is -0.307. The smallest absolute Gasteiger partial charge is 0.237 e. The molecule has 1 aliphatic carbocycles. The minimum atomic E-state index is -0.491. The fourth-order valence-electron chi connectivity index (χ4n) is 2.90. The highest BCUT2D eigenvalue weighted by molar-refractivity contribution is 5.85. The van der Waals surface area contributed by atoms with Crippen molar-refractivity contribution in [3.63, 3.8) is 0 Å². The number of hydrogen-bond donors (Lipinski definition) is 2. The Morgan fingerprint density at radius 2 is 1.86 bits per heavy atom. The first-order chi connectivity index (χ1) is 10.1. The number of carbonyl (C=O) groups is 2. The predicted octanol–water partition coefficient (Wildman–Crippen LogP) is 1.44. The number of primary amides is 1. The Hall–Kier alpha value is -1.59. The molecular formula is C16H24ClN3O2. The number of rotatable bonds is 6. The van der Waals surface area contributed by atoms with Crippen LogP contribution in [0.5, 0.6) is 0 Å². The van der Waals surface area contributed by atoms with Crippen LogP contribution in [0.1, 0.15) is 31.2 Å². The zero-order valence-electron chi connectivity index (χ0n) is 12.6. The number of nitrogens with zero attached hydrogens (tertiary/aromatic N) is 1. The van der Waals surface area contributed by atoms with Crippen LogP contribution in [0.4, 0.5) is 0 Å². The second-order valence-corrected chi connectivity index (χ2v) is 5.76. The lowest BCUT2D eigenvalue weighted by molar-refractivity contribution is -0.136. The molecule has 0 heterocycles. The van der Waals surface area contributed by atoms with E-state index in [0.29, 0.717) is 13.0 Å². The molecule has 1 fully saturated rings. The molecule has 2 atom stereocenters. The van der Waals surface area contributed by atoms with Crippen LogP contribution in [0, 0.1) is 5.92 Å². The van der Waals surface area contributed by atoms with Gasteiger partial charge in [-0.05, 0) is 24.3 Å². The molecule has 0 spiro atoms. The second-order valence-electron chi connectivity index (χ2n) is 5.76. The Morgan fingerprint density at radius 1 is 1.18 bits per heavy atom. The van der Waals surface area contributed by atoms with E-state index in [1.54, 1.807) is 0 Å². The van der Waals surface area contributed by atoms with Crippen LogP contribution in [0.3, 0.4) is 0 Å². The Labute approximate surface area is 137 Å². The Bertz CT molecular complexity index is 495. The van der Waals surface area contributed by atoms with E-state index < -0.39 is 5.91 Å². The normalized spacial score (nSPS) is 20.2. The van der Waals surface area contributed by atoms with Gasteiger partial charge in [0.15, 0.2) is 0 Å². The quantitative estimate of drug-likeness (QED) is 0.829. The van der Waals surface area contributed by atoms with Crippen molar-refractivity contribution >= 4 is 24.2 Å². The molecule has 1 saturated carbocycles. The first-order valence-electron chi connectivity index (χ1n) is 7.42. The molecule has 1 aromatic rings. The number of halogens is 1. The fourth-order valence-corrected chi connectivity index (χ4v) is 2.90. The predicted molar refractivity (Wildman–Crippen MR) is 88.2 cm³/mol. The fraction of sp³-hybridized carbons (Fsp3) is 0.500. The van der Waals surface area contributed by atoms with Crippen LogP contribution in [-0.4, -0.2) is 29.3 Å². The summed E-state index contributed by atoms with van der Waals surface area (Å²) in [6.07, 6.45) is 3.45. The van der Waals surface area contributed by atoms with Crippen LogP contribution in [-0.2, 0) is 16.1 Å². The molecule has 2 amide bonds. The highest BCUT2D eigenvalue weighted by atomic mass is 35.5. The van der Waals surface area contributed by atoms with E-state index in [-0.39, 0.29) is 36.8 Å². The molecule has 1 aliphatic rings. The summed E-state index contributed by atoms with van der Waals surface area (Å²) in [6, 6.07) is 9.71. The van der Waals surface area contributed by atoms with Gasteiger partial charge >= 0.3 is 0 Å². The molecule has 0 bridgehead atoms. The van der Waals surface area contributed by atoms with Gasteiger partial charge in [-0.3, -0.25) is 9.59 Å². The summed E-state index contributed by atoms with van der Waals surface area (Å²) >= 11 is 0. The second kappa shape index (κ2) is 8.76. The largest absolute Gasteiger partial charge is 0.368 e. The molecule has 0 aromatic heterocycles. The van der Waals surface area contributed by atoms with E-state index in [9.17, 15) is 9.59 Å². The molecular weight excluding hydrogens is 302 g/mol. The number of benzene rings is 1. The number of amides is 2. The molecule has 0 unspecified atom stereocenters. The third kappa shape index (κ3) is 5.31. The van der Waals surface area contributed by atoms with Gasteiger partial charge in [-0.25, -0.2) is 0 Å². The van der Waals surface area contributed by atoms with Crippen molar-refractivity contribution in [2.24, 2.45) is 17.4 Å². The first kappa shape index (κ1) is 18.5. The maximum absolute atomic E-state index is 12.4. The highest BCUT2D eigenvalue weighted by Crippen LogP contribution is 2.27. The van der Waals surface area contributed by atoms with Crippen molar-refractivity contribution in [1.29, 1.82) is 0 Å². The summed E-state index contributed by atoms with van der Waals surface area (Å²) < 4.78 is 0.